The molecule has 2 unspecified atom stereocenters. The van der Waals surface area contributed by atoms with Crippen molar-refractivity contribution >= 4 is 11.9 Å². The molecule has 80 heavy (non-hydrogen) atoms. The van der Waals surface area contributed by atoms with Gasteiger partial charge in [0.25, 0.3) is 0 Å². The van der Waals surface area contributed by atoms with Crippen LogP contribution in [0.25, 0.3) is 0 Å². The van der Waals surface area contributed by atoms with Crippen LogP contribution in [0.15, 0.2) is 48.6 Å². The summed E-state index contributed by atoms with van der Waals surface area (Å²) in [7, 11) is 0. The van der Waals surface area contributed by atoms with Gasteiger partial charge in [-0.05, 0) is 83.5 Å². The van der Waals surface area contributed by atoms with Gasteiger partial charge in [0.2, 0.25) is 5.91 Å². The molecule has 0 aliphatic carbocycles. The minimum Gasteiger partial charge on any atom is -0.466 e. The number of carbonyl (C=O) groups is 2. The fraction of sp³-hybridized carbons (Fsp3) is 0.865. The molecule has 0 aliphatic rings. The first-order valence-corrected chi connectivity index (χ1v) is 35.9. The SMILES string of the molecule is CCC/C=C\C/C=C\CCCCCCCC(=O)OCCCCCCCCCCCCCCCCCC/C=C\CCCCCCCCCCCCCCCCCCCC(=O)NC(CO)C(O)/C=C/CCCCCCCCCCCCC. The number of nitrogens with one attached hydrogen (secondary N) is 1. The molecule has 0 heterocycles. The van der Waals surface area contributed by atoms with Gasteiger partial charge in [-0.15, -0.1) is 0 Å². The molecular weight excluding hydrogens is 983 g/mol. The fourth-order valence-corrected chi connectivity index (χ4v) is 11.1. The molecule has 0 spiro atoms. The molecule has 3 N–H and O–H groups in total. The lowest BCUT2D eigenvalue weighted by Gasteiger charge is -2.20. The number of aliphatic hydroxyl groups excluding tert-OH is 2. The van der Waals surface area contributed by atoms with Gasteiger partial charge in [-0.3, -0.25) is 9.59 Å². The molecule has 0 bridgehead atoms. The summed E-state index contributed by atoms with van der Waals surface area (Å²) < 4.78 is 5.48. The van der Waals surface area contributed by atoms with Crippen molar-refractivity contribution < 1.29 is 24.5 Å². The van der Waals surface area contributed by atoms with Crippen molar-refractivity contribution in [3.8, 4) is 0 Å². The number of amides is 1. The topological polar surface area (TPSA) is 95.9 Å². The lowest BCUT2D eigenvalue weighted by Crippen LogP contribution is -2.45. The first-order valence-electron chi connectivity index (χ1n) is 35.9. The first kappa shape index (κ1) is 77.8. The minimum atomic E-state index is -0.841. The number of allylic oxidation sites excluding steroid dienone is 7. The fourth-order valence-electron chi connectivity index (χ4n) is 11.1. The number of ether oxygens (including phenoxy) is 1. The summed E-state index contributed by atoms with van der Waals surface area (Å²) in [5.74, 6) is -0.0572. The van der Waals surface area contributed by atoms with Gasteiger partial charge in [0, 0.05) is 12.8 Å². The van der Waals surface area contributed by atoms with Crippen molar-refractivity contribution in [3.05, 3.63) is 48.6 Å². The quantitative estimate of drug-likeness (QED) is 0.0320. The van der Waals surface area contributed by atoms with E-state index in [2.05, 4.69) is 55.6 Å². The number of aliphatic hydroxyl groups is 2. The summed E-state index contributed by atoms with van der Waals surface area (Å²) in [6.07, 6.45) is 90.7. The second-order valence-electron chi connectivity index (χ2n) is 24.6. The molecule has 0 aromatic heterocycles. The Bertz CT molecular complexity index is 1340. The van der Waals surface area contributed by atoms with Crippen LogP contribution in [0, 0.1) is 0 Å². The molecule has 6 heteroatoms. The van der Waals surface area contributed by atoms with Gasteiger partial charge >= 0.3 is 5.97 Å². The summed E-state index contributed by atoms with van der Waals surface area (Å²) >= 11 is 0. The average Bonchev–Trinajstić information content (AvgIpc) is 3.46. The summed E-state index contributed by atoms with van der Waals surface area (Å²) in [6.45, 7) is 4.85. The van der Waals surface area contributed by atoms with E-state index < -0.39 is 12.1 Å². The highest BCUT2D eigenvalue weighted by molar-refractivity contribution is 5.76. The number of esters is 1. The van der Waals surface area contributed by atoms with Gasteiger partial charge in [0.05, 0.1) is 25.4 Å². The summed E-state index contributed by atoms with van der Waals surface area (Å²) in [4.78, 5) is 24.5. The predicted molar refractivity (Wildman–Crippen MR) is 352 cm³/mol. The van der Waals surface area contributed by atoms with Crippen LogP contribution in [-0.2, 0) is 14.3 Å². The molecular formula is C74H139NO5. The van der Waals surface area contributed by atoms with Crippen LogP contribution < -0.4 is 5.32 Å². The normalized spacial score (nSPS) is 12.8. The number of unbranched alkanes of at least 4 members (excludes halogenated alkanes) is 50. The largest absolute Gasteiger partial charge is 0.466 e. The Morgan fingerprint density at radius 3 is 1.01 bits per heavy atom. The predicted octanol–water partition coefficient (Wildman–Crippen LogP) is 23.3. The molecule has 470 valence electrons. The van der Waals surface area contributed by atoms with Crippen LogP contribution in [0.5, 0.6) is 0 Å². The highest BCUT2D eigenvalue weighted by Crippen LogP contribution is 2.18. The van der Waals surface area contributed by atoms with Crippen molar-refractivity contribution in [1.29, 1.82) is 0 Å². The van der Waals surface area contributed by atoms with Crippen molar-refractivity contribution in [1.82, 2.24) is 5.32 Å². The van der Waals surface area contributed by atoms with Crippen LogP contribution >= 0.6 is 0 Å². The molecule has 0 saturated carbocycles. The van der Waals surface area contributed by atoms with E-state index in [-0.39, 0.29) is 18.5 Å². The third-order valence-corrected chi connectivity index (χ3v) is 16.5. The smallest absolute Gasteiger partial charge is 0.305 e. The van der Waals surface area contributed by atoms with Gasteiger partial charge in [-0.2, -0.15) is 0 Å². The van der Waals surface area contributed by atoms with Crippen LogP contribution in [0.2, 0.25) is 0 Å². The second kappa shape index (κ2) is 69.3. The molecule has 0 rings (SSSR count). The highest BCUT2D eigenvalue weighted by atomic mass is 16.5. The van der Waals surface area contributed by atoms with Crippen LogP contribution in [0.1, 0.15) is 386 Å². The highest BCUT2D eigenvalue weighted by Gasteiger charge is 2.18. The first-order chi connectivity index (χ1) is 39.5. The molecule has 0 aliphatic heterocycles. The van der Waals surface area contributed by atoms with E-state index >= 15 is 0 Å². The van der Waals surface area contributed by atoms with E-state index in [1.165, 1.54) is 308 Å². The lowest BCUT2D eigenvalue weighted by molar-refractivity contribution is -0.143. The van der Waals surface area contributed by atoms with Crippen molar-refractivity contribution in [2.24, 2.45) is 0 Å². The Morgan fingerprint density at radius 1 is 0.350 bits per heavy atom. The van der Waals surface area contributed by atoms with Crippen LogP contribution in [0.4, 0.5) is 0 Å². The molecule has 0 fully saturated rings. The van der Waals surface area contributed by atoms with E-state index in [1.54, 1.807) is 6.08 Å². The zero-order valence-corrected chi connectivity index (χ0v) is 53.8. The van der Waals surface area contributed by atoms with E-state index in [9.17, 15) is 19.8 Å². The van der Waals surface area contributed by atoms with E-state index in [0.717, 1.165) is 51.4 Å². The molecule has 2 atom stereocenters. The zero-order chi connectivity index (χ0) is 57.8. The molecule has 1 amide bonds. The molecule has 0 saturated heterocycles. The number of rotatable bonds is 67. The summed E-state index contributed by atoms with van der Waals surface area (Å²) in [5, 5.41) is 23.1. The van der Waals surface area contributed by atoms with Crippen LogP contribution in [-0.4, -0.2) is 47.4 Å². The van der Waals surface area contributed by atoms with E-state index in [4.69, 9.17) is 4.74 Å². The Hall–Kier alpha value is -2.18. The summed E-state index contributed by atoms with van der Waals surface area (Å²) in [5.41, 5.74) is 0. The van der Waals surface area contributed by atoms with Crippen LogP contribution in [0.3, 0.4) is 0 Å². The molecule has 6 nitrogen and oxygen atoms in total. The van der Waals surface area contributed by atoms with Crippen molar-refractivity contribution in [3.63, 3.8) is 0 Å². The Labute approximate surface area is 499 Å². The monoisotopic (exact) mass is 1120 g/mol. The standard InChI is InChI=1S/C74H139NO5/c1-3-5-7-9-11-13-15-42-46-50-54-58-62-66-72(77)71(70-76)75-73(78)67-63-59-55-51-47-44-40-38-36-34-32-30-28-26-24-22-20-18-17-19-21-23-25-27-29-31-33-35-37-39-41-45-49-53-57-61-65-69-80-74(79)68-64-60-56-52-48-43-16-14-12-10-8-6-4-2/h8,10,14,16-17,19,62,66,71-72,76-77H,3-7,9,11-13,15,18,20-61,63-65,67-70H2,1-2H3,(H,75,78)/b10-8-,16-14-,19-17-,66-62+. The Kier molecular flexibility index (Phi) is 67.4. The lowest BCUT2D eigenvalue weighted by atomic mass is 10.0. The number of carbonyl (C=O) groups excluding carboxylic acids is 2. The minimum absolute atomic E-state index is 0.00577. The van der Waals surface area contributed by atoms with Crippen molar-refractivity contribution in [2.45, 2.75) is 398 Å². The average molecular weight is 1120 g/mol. The third kappa shape index (κ3) is 65.0. The van der Waals surface area contributed by atoms with E-state index in [1.807, 2.05) is 6.08 Å². The maximum absolute atomic E-state index is 12.5. The number of hydrogen-bond donors (Lipinski definition) is 3. The maximum Gasteiger partial charge on any atom is 0.305 e. The molecule has 0 aromatic rings. The van der Waals surface area contributed by atoms with Gasteiger partial charge in [-0.1, -0.05) is 339 Å². The third-order valence-electron chi connectivity index (χ3n) is 16.5. The molecule has 0 radical (unpaired) electrons. The Balaban J connectivity index is 3.34. The maximum atomic E-state index is 12.5. The summed E-state index contributed by atoms with van der Waals surface area (Å²) in [6, 6.07) is -0.624. The van der Waals surface area contributed by atoms with Gasteiger partial charge in [0.1, 0.15) is 0 Å². The van der Waals surface area contributed by atoms with Crippen molar-refractivity contribution in [2.75, 3.05) is 13.2 Å². The van der Waals surface area contributed by atoms with Gasteiger partial charge < -0.3 is 20.3 Å². The number of hydrogen-bond acceptors (Lipinski definition) is 5. The van der Waals surface area contributed by atoms with Gasteiger partial charge in [0.15, 0.2) is 0 Å². The molecule has 0 aromatic carbocycles. The van der Waals surface area contributed by atoms with Gasteiger partial charge in [-0.25, -0.2) is 0 Å². The van der Waals surface area contributed by atoms with E-state index in [0.29, 0.717) is 19.4 Å². The Morgan fingerprint density at radius 2 is 0.650 bits per heavy atom. The second-order valence-corrected chi connectivity index (χ2v) is 24.6. The zero-order valence-electron chi connectivity index (χ0n) is 53.8.